The molecule has 0 heterocycles. The predicted octanol–water partition coefficient (Wildman–Crippen LogP) is 0.990. The average Bonchev–Trinajstić information content (AvgIpc) is 2.62. The third kappa shape index (κ3) is 10.0. The highest BCUT2D eigenvalue weighted by atomic mass is 16.5. The van der Waals surface area contributed by atoms with Crippen molar-refractivity contribution in [1.29, 1.82) is 0 Å². The van der Waals surface area contributed by atoms with Gasteiger partial charge >= 0.3 is 6.09 Å². The number of amides is 3. The number of ether oxygens (including phenoxy) is 1. The van der Waals surface area contributed by atoms with E-state index < -0.39 is 30.1 Å². The number of primary amides is 1. The molecule has 0 radical (unpaired) electrons. The zero-order valence-electron chi connectivity index (χ0n) is 15.6. The van der Waals surface area contributed by atoms with Gasteiger partial charge in [-0.3, -0.25) is 9.59 Å². The van der Waals surface area contributed by atoms with Gasteiger partial charge in [0.25, 0.3) is 0 Å². The number of carbonyl (C=O) groups excluding carboxylic acids is 3. The lowest BCUT2D eigenvalue weighted by Crippen LogP contribution is -2.45. The van der Waals surface area contributed by atoms with Gasteiger partial charge in [0.1, 0.15) is 12.6 Å². The number of benzene rings is 1. The Kier molecular flexibility index (Phi) is 9.60. The summed E-state index contributed by atoms with van der Waals surface area (Å²) in [6.07, 6.45) is -0.0273. The standard InChI is InChI=1S/C19H27N3O5/c1-13(2)8-9-16(18(20)25)22-17(24)10-15(23)11-21-19(26)27-12-14-6-4-3-5-7-14/h3-8,15-16,23H,9-12H2,1-2H3,(H2,20,25)(H,21,26)(H,22,24)/t15-,16-/m0/s1. The summed E-state index contributed by atoms with van der Waals surface area (Å²) < 4.78 is 5.00. The minimum Gasteiger partial charge on any atom is -0.445 e. The van der Waals surface area contributed by atoms with E-state index in [-0.39, 0.29) is 26.0 Å². The number of nitrogens with one attached hydrogen (secondary N) is 2. The van der Waals surface area contributed by atoms with Gasteiger partial charge in [-0.05, 0) is 25.8 Å². The average molecular weight is 377 g/mol. The van der Waals surface area contributed by atoms with Crippen LogP contribution in [0.25, 0.3) is 0 Å². The molecule has 1 aromatic rings. The second-order valence-electron chi connectivity index (χ2n) is 6.34. The largest absolute Gasteiger partial charge is 0.445 e. The molecule has 0 bridgehead atoms. The van der Waals surface area contributed by atoms with Crippen molar-refractivity contribution < 1.29 is 24.2 Å². The Labute approximate surface area is 158 Å². The van der Waals surface area contributed by atoms with Crippen LogP contribution in [0.2, 0.25) is 0 Å². The topological polar surface area (TPSA) is 131 Å². The molecule has 3 amide bonds. The SMILES string of the molecule is CC(C)=CC[C@H](NC(=O)C[C@H](O)CNC(=O)OCc1ccccc1)C(N)=O. The number of rotatable bonds is 10. The first kappa shape index (κ1) is 22.2. The Balaban J connectivity index is 2.32. The van der Waals surface area contributed by atoms with Crippen LogP contribution in [-0.4, -0.2) is 41.7 Å². The fraction of sp³-hybridized carbons (Fsp3) is 0.421. The molecule has 148 valence electrons. The van der Waals surface area contributed by atoms with E-state index in [0.29, 0.717) is 0 Å². The molecule has 0 aliphatic carbocycles. The summed E-state index contributed by atoms with van der Waals surface area (Å²) in [5.74, 6) is -1.19. The monoisotopic (exact) mass is 377 g/mol. The van der Waals surface area contributed by atoms with E-state index >= 15 is 0 Å². The van der Waals surface area contributed by atoms with E-state index in [2.05, 4.69) is 10.6 Å². The minimum absolute atomic E-state index is 0.105. The number of aliphatic hydroxyl groups is 1. The van der Waals surface area contributed by atoms with E-state index in [1.807, 2.05) is 44.2 Å². The number of aliphatic hydroxyl groups excluding tert-OH is 1. The molecular formula is C19H27N3O5. The minimum atomic E-state index is -1.12. The molecule has 0 aliphatic heterocycles. The Bertz CT molecular complexity index is 657. The summed E-state index contributed by atoms with van der Waals surface area (Å²) in [4.78, 5) is 34.9. The van der Waals surface area contributed by atoms with Crippen molar-refractivity contribution in [3.63, 3.8) is 0 Å². The molecule has 2 atom stereocenters. The Morgan fingerprint density at radius 1 is 1.22 bits per heavy atom. The van der Waals surface area contributed by atoms with Crippen molar-refractivity contribution in [2.75, 3.05) is 6.54 Å². The van der Waals surface area contributed by atoms with Gasteiger partial charge in [0.05, 0.1) is 12.5 Å². The van der Waals surface area contributed by atoms with Gasteiger partial charge in [-0.1, -0.05) is 42.0 Å². The molecule has 1 rings (SSSR count). The van der Waals surface area contributed by atoms with E-state index in [1.165, 1.54) is 0 Å². The smallest absolute Gasteiger partial charge is 0.407 e. The highest BCUT2D eigenvalue weighted by Crippen LogP contribution is 2.02. The molecule has 0 aromatic heterocycles. The van der Waals surface area contributed by atoms with Crippen molar-refractivity contribution >= 4 is 17.9 Å². The molecule has 0 spiro atoms. The lowest BCUT2D eigenvalue weighted by Gasteiger charge is -2.16. The Morgan fingerprint density at radius 3 is 2.48 bits per heavy atom. The number of hydrogen-bond donors (Lipinski definition) is 4. The maximum atomic E-state index is 11.9. The van der Waals surface area contributed by atoms with Crippen LogP contribution >= 0.6 is 0 Å². The van der Waals surface area contributed by atoms with Crippen LogP contribution in [0.3, 0.4) is 0 Å². The number of hydrogen-bond acceptors (Lipinski definition) is 5. The fourth-order valence-electron chi connectivity index (χ4n) is 2.11. The maximum Gasteiger partial charge on any atom is 0.407 e. The fourth-order valence-corrected chi connectivity index (χ4v) is 2.11. The molecule has 27 heavy (non-hydrogen) atoms. The van der Waals surface area contributed by atoms with Crippen LogP contribution in [0.1, 0.15) is 32.3 Å². The zero-order valence-corrected chi connectivity index (χ0v) is 15.6. The number of carbonyl (C=O) groups is 3. The zero-order chi connectivity index (χ0) is 20.2. The molecule has 0 saturated carbocycles. The van der Waals surface area contributed by atoms with E-state index in [0.717, 1.165) is 11.1 Å². The van der Waals surface area contributed by atoms with Crippen LogP contribution in [-0.2, 0) is 20.9 Å². The van der Waals surface area contributed by atoms with E-state index in [4.69, 9.17) is 10.5 Å². The molecular weight excluding hydrogens is 350 g/mol. The highest BCUT2D eigenvalue weighted by Gasteiger charge is 2.19. The van der Waals surface area contributed by atoms with Crippen LogP contribution < -0.4 is 16.4 Å². The highest BCUT2D eigenvalue weighted by molar-refractivity contribution is 5.86. The lowest BCUT2D eigenvalue weighted by atomic mass is 10.1. The summed E-state index contributed by atoms with van der Waals surface area (Å²) >= 11 is 0. The summed E-state index contributed by atoms with van der Waals surface area (Å²) in [5.41, 5.74) is 7.09. The van der Waals surface area contributed by atoms with Crippen molar-refractivity contribution in [2.45, 2.75) is 45.4 Å². The molecule has 0 unspecified atom stereocenters. The van der Waals surface area contributed by atoms with Gasteiger partial charge in [0.15, 0.2) is 0 Å². The van der Waals surface area contributed by atoms with Crippen molar-refractivity contribution in [3.05, 3.63) is 47.5 Å². The molecule has 1 aromatic carbocycles. The van der Waals surface area contributed by atoms with Crippen molar-refractivity contribution in [2.24, 2.45) is 5.73 Å². The predicted molar refractivity (Wildman–Crippen MR) is 100 cm³/mol. The lowest BCUT2D eigenvalue weighted by molar-refractivity contribution is -0.128. The normalized spacial score (nSPS) is 12.4. The van der Waals surface area contributed by atoms with Crippen LogP contribution in [0.4, 0.5) is 4.79 Å². The Morgan fingerprint density at radius 2 is 1.89 bits per heavy atom. The van der Waals surface area contributed by atoms with Gasteiger partial charge in [-0.15, -0.1) is 0 Å². The summed E-state index contributed by atoms with van der Waals surface area (Å²) in [6, 6.07) is 8.30. The third-order valence-electron chi connectivity index (χ3n) is 3.56. The van der Waals surface area contributed by atoms with Gasteiger partial charge in [0, 0.05) is 6.54 Å². The Hall–Kier alpha value is -2.87. The van der Waals surface area contributed by atoms with Gasteiger partial charge in [0.2, 0.25) is 11.8 Å². The molecule has 0 fully saturated rings. The van der Waals surface area contributed by atoms with Gasteiger partial charge < -0.3 is 26.2 Å². The second-order valence-corrected chi connectivity index (χ2v) is 6.34. The summed E-state index contributed by atoms with van der Waals surface area (Å²) in [7, 11) is 0. The van der Waals surface area contributed by atoms with Crippen LogP contribution in [0.15, 0.2) is 42.0 Å². The molecule has 8 heteroatoms. The van der Waals surface area contributed by atoms with Crippen LogP contribution in [0.5, 0.6) is 0 Å². The molecule has 0 aliphatic rings. The maximum absolute atomic E-state index is 11.9. The molecule has 5 N–H and O–H groups in total. The first-order valence-electron chi connectivity index (χ1n) is 8.62. The van der Waals surface area contributed by atoms with Gasteiger partial charge in [-0.2, -0.15) is 0 Å². The van der Waals surface area contributed by atoms with Crippen LogP contribution in [0, 0.1) is 0 Å². The molecule has 8 nitrogen and oxygen atoms in total. The first-order valence-corrected chi connectivity index (χ1v) is 8.62. The van der Waals surface area contributed by atoms with Gasteiger partial charge in [-0.25, -0.2) is 4.79 Å². The van der Waals surface area contributed by atoms with Crippen molar-refractivity contribution in [3.8, 4) is 0 Å². The number of allylic oxidation sites excluding steroid dienone is 1. The first-order chi connectivity index (χ1) is 12.8. The second kappa shape index (κ2) is 11.7. The summed E-state index contributed by atoms with van der Waals surface area (Å²) in [5, 5.41) is 14.7. The summed E-state index contributed by atoms with van der Waals surface area (Å²) in [6.45, 7) is 3.68. The third-order valence-corrected chi connectivity index (χ3v) is 3.56. The number of nitrogens with two attached hydrogens (primary N) is 1. The molecule has 0 saturated heterocycles. The number of alkyl carbamates (subject to hydrolysis) is 1. The van der Waals surface area contributed by atoms with Crippen molar-refractivity contribution in [1.82, 2.24) is 10.6 Å². The quantitative estimate of drug-likeness (QED) is 0.452. The van der Waals surface area contributed by atoms with E-state index in [9.17, 15) is 19.5 Å². The van der Waals surface area contributed by atoms with E-state index in [1.54, 1.807) is 6.08 Å².